The van der Waals surface area contributed by atoms with E-state index in [1.165, 1.54) is 13.1 Å². The fourth-order valence-electron chi connectivity index (χ4n) is 3.23. The van der Waals surface area contributed by atoms with Crippen LogP contribution in [-0.2, 0) is 12.8 Å². The summed E-state index contributed by atoms with van der Waals surface area (Å²) in [5.41, 5.74) is 4.67. The zero-order valence-corrected chi connectivity index (χ0v) is 15.9. The molecular weight excluding hydrogens is 354 g/mol. The van der Waals surface area contributed by atoms with Gasteiger partial charge in [0.2, 0.25) is 0 Å². The SMILES string of the molecule is CNC(=O)c1ccc(C)c(-c2ccc(CCc3ccc(O)c(O)c3)cc2)c1O. The van der Waals surface area contributed by atoms with Crippen LogP contribution in [0.5, 0.6) is 17.2 Å². The van der Waals surface area contributed by atoms with E-state index in [4.69, 9.17) is 0 Å². The predicted octanol–water partition coefficient (Wildman–Crippen LogP) is 3.92. The van der Waals surface area contributed by atoms with Crippen LogP contribution in [0.25, 0.3) is 11.1 Å². The van der Waals surface area contributed by atoms with Gasteiger partial charge in [0, 0.05) is 12.6 Å². The van der Waals surface area contributed by atoms with Crippen LogP contribution in [0.4, 0.5) is 0 Å². The van der Waals surface area contributed by atoms with Gasteiger partial charge in [0.25, 0.3) is 5.91 Å². The number of carbonyl (C=O) groups is 1. The fraction of sp³-hybridized carbons (Fsp3) is 0.174. The Morgan fingerprint density at radius 2 is 1.50 bits per heavy atom. The maximum atomic E-state index is 11.9. The highest BCUT2D eigenvalue weighted by atomic mass is 16.3. The van der Waals surface area contributed by atoms with Crippen LogP contribution in [-0.4, -0.2) is 28.3 Å². The summed E-state index contributed by atoms with van der Waals surface area (Å²) in [5, 5.41) is 32.1. The third-order valence-electron chi connectivity index (χ3n) is 4.84. The number of phenols is 3. The van der Waals surface area contributed by atoms with Crippen molar-refractivity contribution in [2.45, 2.75) is 19.8 Å². The summed E-state index contributed by atoms with van der Waals surface area (Å²) in [5.74, 6) is -0.587. The zero-order chi connectivity index (χ0) is 20.3. The van der Waals surface area contributed by atoms with E-state index < -0.39 is 0 Å². The number of nitrogens with one attached hydrogen (secondary N) is 1. The first-order valence-corrected chi connectivity index (χ1v) is 9.05. The summed E-state index contributed by atoms with van der Waals surface area (Å²) < 4.78 is 0. The Morgan fingerprint density at radius 1 is 0.857 bits per heavy atom. The van der Waals surface area contributed by atoms with E-state index in [9.17, 15) is 20.1 Å². The first-order chi connectivity index (χ1) is 13.4. The molecule has 0 aromatic heterocycles. The van der Waals surface area contributed by atoms with Gasteiger partial charge in [-0.25, -0.2) is 0 Å². The van der Waals surface area contributed by atoms with E-state index in [0.717, 1.165) is 35.1 Å². The topological polar surface area (TPSA) is 89.8 Å². The number of rotatable bonds is 5. The molecule has 0 bridgehead atoms. The van der Waals surface area contributed by atoms with Gasteiger partial charge in [-0.3, -0.25) is 4.79 Å². The number of amides is 1. The van der Waals surface area contributed by atoms with Crippen LogP contribution in [0.3, 0.4) is 0 Å². The summed E-state index contributed by atoms with van der Waals surface area (Å²) in [6, 6.07) is 16.1. The van der Waals surface area contributed by atoms with Gasteiger partial charge in [-0.1, -0.05) is 36.4 Å². The Labute approximate surface area is 163 Å². The van der Waals surface area contributed by atoms with Gasteiger partial charge >= 0.3 is 0 Å². The van der Waals surface area contributed by atoms with Crippen molar-refractivity contribution in [3.05, 3.63) is 76.9 Å². The van der Waals surface area contributed by atoms with Gasteiger partial charge < -0.3 is 20.6 Å². The molecule has 0 aliphatic heterocycles. The van der Waals surface area contributed by atoms with E-state index in [-0.39, 0.29) is 28.7 Å². The van der Waals surface area contributed by atoms with Crippen molar-refractivity contribution in [3.8, 4) is 28.4 Å². The zero-order valence-electron chi connectivity index (χ0n) is 15.9. The average Bonchev–Trinajstić information content (AvgIpc) is 2.69. The van der Waals surface area contributed by atoms with Crippen molar-refractivity contribution >= 4 is 5.91 Å². The lowest BCUT2D eigenvalue weighted by Crippen LogP contribution is -2.18. The molecular formula is C23H23NO4. The van der Waals surface area contributed by atoms with Crippen LogP contribution in [0.2, 0.25) is 0 Å². The number of aromatic hydroxyl groups is 3. The van der Waals surface area contributed by atoms with Crippen molar-refractivity contribution in [3.63, 3.8) is 0 Å². The lowest BCUT2D eigenvalue weighted by atomic mass is 9.94. The molecule has 3 aromatic carbocycles. The number of benzene rings is 3. The van der Waals surface area contributed by atoms with Gasteiger partial charge in [-0.15, -0.1) is 0 Å². The van der Waals surface area contributed by atoms with Gasteiger partial charge in [0.1, 0.15) is 5.75 Å². The molecule has 0 aliphatic rings. The highest BCUT2D eigenvalue weighted by Crippen LogP contribution is 2.35. The third-order valence-corrected chi connectivity index (χ3v) is 4.84. The molecule has 3 aromatic rings. The number of hydrogen-bond acceptors (Lipinski definition) is 4. The van der Waals surface area contributed by atoms with Crippen LogP contribution < -0.4 is 5.32 Å². The Balaban J connectivity index is 1.81. The standard InChI is InChI=1S/C23H23NO4/c1-14-3-11-18(23(28)24-2)22(27)21(14)17-9-6-15(7-10-17)4-5-16-8-12-19(25)20(26)13-16/h3,6-13,25-27H,4-5H2,1-2H3,(H,24,28). The summed E-state index contributed by atoms with van der Waals surface area (Å²) in [4.78, 5) is 11.9. The number of hydrogen-bond donors (Lipinski definition) is 4. The van der Waals surface area contributed by atoms with E-state index in [2.05, 4.69) is 5.32 Å². The molecule has 0 heterocycles. The number of aryl methyl sites for hydroxylation is 3. The van der Waals surface area contributed by atoms with Gasteiger partial charge in [0.15, 0.2) is 11.5 Å². The molecule has 0 aliphatic carbocycles. The molecule has 0 unspecified atom stereocenters. The van der Waals surface area contributed by atoms with Crippen LogP contribution in [0.15, 0.2) is 54.6 Å². The second kappa shape index (κ2) is 8.05. The van der Waals surface area contributed by atoms with Crippen LogP contribution >= 0.6 is 0 Å². The van der Waals surface area contributed by atoms with Crippen molar-refractivity contribution in [1.82, 2.24) is 5.32 Å². The van der Waals surface area contributed by atoms with E-state index in [1.807, 2.05) is 37.3 Å². The van der Waals surface area contributed by atoms with Gasteiger partial charge in [-0.2, -0.15) is 0 Å². The van der Waals surface area contributed by atoms with Crippen LogP contribution in [0.1, 0.15) is 27.0 Å². The highest BCUT2D eigenvalue weighted by Gasteiger charge is 2.16. The van der Waals surface area contributed by atoms with Gasteiger partial charge in [0.05, 0.1) is 5.56 Å². The number of carbonyl (C=O) groups excluding carboxylic acids is 1. The molecule has 0 saturated carbocycles. The normalized spacial score (nSPS) is 10.6. The third kappa shape index (κ3) is 3.93. The van der Waals surface area contributed by atoms with E-state index in [0.29, 0.717) is 5.56 Å². The average molecular weight is 377 g/mol. The first kappa shape index (κ1) is 19.3. The van der Waals surface area contributed by atoms with Crippen molar-refractivity contribution in [2.75, 3.05) is 7.05 Å². The minimum absolute atomic E-state index is 0.0216. The largest absolute Gasteiger partial charge is 0.506 e. The quantitative estimate of drug-likeness (QED) is 0.507. The van der Waals surface area contributed by atoms with Crippen molar-refractivity contribution < 1.29 is 20.1 Å². The molecule has 5 nitrogen and oxygen atoms in total. The smallest absolute Gasteiger partial charge is 0.254 e. The Bertz CT molecular complexity index is 1010. The van der Waals surface area contributed by atoms with E-state index >= 15 is 0 Å². The molecule has 4 N–H and O–H groups in total. The summed E-state index contributed by atoms with van der Waals surface area (Å²) >= 11 is 0. The van der Waals surface area contributed by atoms with Gasteiger partial charge in [-0.05, 0) is 60.2 Å². The minimum atomic E-state index is -0.326. The molecule has 0 saturated heterocycles. The summed E-state index contributed by atoms with van der Waals surface area (Å²) in [6.07, 6.45) is 1.50. The highest BCUT2D eigenvalue weighted by molar-refractivity contribution is 5.99. The lowest BCUT2D eigenvalue weighted by Gasteiger charge is -2.13. The lowest BCUT2D eigenvalue weighted by molar-refractivity contribution is 0.0960. The Kier molecular flexibility index (Phi) is 5.54. The molecule has 0 radical (unpaired) electrons. The summed E-state index contributed by atoms with van der Waals surface area (Å²) in [7, 11) is 1.53. The second-order valence-electron chi connectivity index (χ2n) is 6.75. The summed E-state index contributed by atoms with van der Waals surface area (Å²) in [6.45, 7) is 1.90. The fourth-order valence-corrected chi connectivity index (χ4v) is 3.23. The van der Waals surface area contributed by atoms with Crippen LogP contribution in [0, 0.1) is 6.92 Å². The molecule has 0 fully saturated rings. The maximum absolute atomic E-state index is 11.9. The Hall–Kier alpha value is -3.47. The second-order valence-corrected chi connectivity index (χ2v) is 6.75. The molecule has 144 valence electrons. The van der Waals surface area contributed by atoms with E-state index in [1.54, 1.807) is 18.2 Å². The Morgan fingerprint density at radius 3 is 2.14 bits per heavy atom. The molecule has 28 heavy (non-hydrogen) atoms. The maximum Gasteiger partial charge on any atom is 0.254 e. The predicted molar refractivity (Wildman–Crippen MR) is 109 cm³/mol. The molecule has 0 spiro atoms. The molecule has 1 amide bonds. The monoisotopic (exact) mass is 377 g/mol. The minimum Gasteiger partial charge on any atom is -0.506 e. The molecule has 3 rings (SSSR count). The number of phenolic OH excluding ortho intramolecular Hbond substituents is 3. The first-order valence-electron chi connectivity index (χ1n) is 9.05. The molecule has 0 atom stereocenters. The molecule has 5 heteroatoms. The van der Waals surface area contributed by atoms with Crippen molar-refractivity contribution in [2.24, 2.45) is 0 Å². The van der Waals surface area contributed by atoms with Crippen molar-refractivity contribution in [1.29, 1.82) is 0 Å².